The Hall–Kier alpha value is -15.2. The van der Waals surface area contributed by atoms with Gasteiger partial charge in [-0.25, -0.2) is 19.9 Å². The lowest BCUT2D eigenvalue weighted by Gasteiger charge is -2.12. The van der Waals surface area contributed by atoms with Crippen molar-refractivity contribution in [2.24, 2.45) is 0 Å². The smallest absolute Gasteiger partial charge is 0.143 e. The molecule has 8 aromatic heterocycles. The van der Waals surface area contributed by atoms with Crippen molar-refractivity contribution in [2.45, 2.75) is 0 Å². The standard InChI is InChI=1S/2C54H32N4S/c1-3-17-40-33(11-1)23-26-48-51(40)42-19-5-7-21-46(42)57(48)38-15-9-13-35(29-38)36-25-28-50-44(31-36)53-54(59-50)55-32-45(56-53)37-14-10-16-39(30-37)58-47-22-8-6-20-43(47)52-41-18-4-2-12-34(41)24-27-49(52)58;1-3-17-40-33(11-1)23-26-44-42-19-5-7-21-48(42)57(52(40)44)38-15-9-13-35(29-38)36-25-28-50-46(31-36)51-54(59-50)55-32-47(56-51)37-14-10-16-39(30-37)58-49-22-8-6-20-43(49)45-27-24-34-12-2-4-18-41(34)53(45)58/h2*1-32H. The summed E-state index contributed by atoms with van der Waals surface area (Å²) in [6.45, 7) is 0. The van der Waals surface area contributed by atoms with Crippen LogP contribution in [-0.4, -0.2) is 38.2 Å². The minimum Gasteiger partial charge on any atom is -0.309 e. The van der Waals surface area contributed by atoms with Crippen molar-refractivity contribution in [2.75, 3.05) is 0 Å². The third kappa shape index (κ3) is 10.3. The van der Waals surface area contributed by atoms with E-state index < -0.39 is 0 Å². The summed E-state index contributed by atoms with van der Waals surface area (Å²) in [7, 11) is 0. The van der Waals surface area contributed by atoms with Gasteiger partial charge in [-0.2, -0.15) is 0 Å². The number of hydrogen-bond acceptors (Lipinski definition) is 6. The third-order valence-corrected chi connectivity index (χ3v) is 26.4. The van der Waals surface area contributed by atoms with E-state index in [0.29, 0.717) is 0 Å². The van der Waals surface area contributed by atoms with E-state index in [9.17, 15) is 0 Å². The van der Waals surface area contributed by atoms with E-state index in [4.69, 9.17) is 19.9 Å². The zero-order valence-corrected chi connectivity index (χ0v) is 65.0. The Morgan fingerprint density at radius 3 is 0.949 bits per heavy atom. The minimum absolute atomic E-state index is 0.857. The van der Waals surface area contributed by atoms with Gasteiger partial charge in [-0.3, -0.25) is 0 Å². The van der Waals surface area contributed by atoms with E-state index in [-0.39, 0.29) is 0 Å². The van der Waals surface area contributed by atoms with Crippen LogP contribution in [-0.2, 0) is 0 Å². The number of nitrogens with zero attached hydrogens (tertiary/aromatic N) is 8. The van der Waals surface area contributed by atoms with Crippen LogP contribution in [0.4, 0.5) is 0 Å². The summed E-state index contributed by atoms with van der Waals surface area (Å²) in [5.41, 5.74) is 24.4. The molecule has 0 radical (unpaired) electrons. The van der Waals surface area contributed by atoms with E-state index in [1.807, 2.05) is 12.4 Å². The first-order valence-corrected chi connectivity index (χ1v) is 41.6. The van der Waals surface area contributed by atoms with Gasteiger partial charge in [0, 0.05) is 108 Å². The molecule has 18 aromatic carbocycles. The van der Waals surface area contributed by atoms with E-state index in [2.05, 4.69) is 394 Å². The van der Waals surface area contributed by atoms with E-state index in [1.165, 1.54) is 140 Å². The Morgan fingerprint density at radius 1 is 0.203 bits per heavy atom. The second kappa shape index (κ2) is 26.2. The first-order chi connectivity index (χ1) is 58.5. The van der Waals surface area contributed by atoms with E-state index in [1.54, 1.807) is 22.7 Å². The molecule has 0 aliphatic heterocycles. The highest BCUT2D eigenvalue weighted by atomic mass is 32.1. The maximum atomic E-state index is 5.36. The van der Waals surface area contributed by atoms with Crippen LogP contribution in [0.15, 0.2) is 389 Å². The first-order valence-electron chi connectivity index (χ1n) is 40.0. The molecule has 0 saturated carbocycles. The quantitative estimate of drug-likeness (QED) is 0.152. The normalized spacial score (nSPS) is 12.1. The van der Waals surface area contributed by atoms with Gasteiger partial charge in [0.25, 0.3) is 0 Å². The van der Waals surface area contributed by atoms with Crippen LogP contribution in [0, 0.1) is 0 Å². The van der Waals surface area contributed by atoms with Crippen molar-refractivity contribution in [1.29, 1.82) is 0 Å². The Morgan fingerprint density at radius 2 is 0.525 bits per heavy atom. The lowest BCUT2D eigenvalue weighted by molar-refractivity contribution is 1.18. The second-order valence-corrected chi connectivity index (χ2v) is 32.8. The molecule has 8 nitrogen and oxygen atoms in total. The number of aromatic nitrogens is 8. The summed E-state index contributed by atoms with van der Waals surface area (Å²) in [5, 5.41) is 22.3. The van der Waals surface area contributed by atoms with Crippen molar-refractivity contribution < 1.29 is 0 Å². The fourth-order valence-corrected chi connectivity index (χ4v) is 20.9. The highest BCUT2D eigenvalue weighted by Gasteiger charge is 2.23. The number of fused-ring (bicyclic) bond motifs is 26. The molecule has 0 atom stereocenters. The van der Waals surface area contributed by atoms with Crippen LogP contribution < -0.4 is 0 Å². The number of benzene rings is 18. The molecule has 26 aromatic rings. The summed E-state index contributed by atoms with van der Waals surface area (Å²) in [6.07, 6.45) is 3.85. The number of hydrogen-bond donors (Lipinski definition) is 0. The van der Waals surface area contributed by atoms with Gasteiger partial charge in [0.1, 0.15) is 20.7 Å². The predicted octanol–water partition coefficient (Wildman–Crippen LogP) is 29.4. The Kier molecular flexibility index (Phi) is 14.7. The van der Waals surface area contributed by atoms with Gasteiger partial charge in [-0.1, -0.05) is 267 Å². The Balaban J connectivity index is 0.000000131. The molecule has 0 N–H and O–H groups in total. The Bertz CT molecular complexity index is 8250. The summed E-state index contributed by atoms with van der Waals surface area (Å²) < 4.78 is 12.0. The monoisotopic (exact) mass is 1540 g/mol. The molecule has 0 saturated heterocycles. The molecule has 118 heavy (non-hydrogen) atoms. The summed E-state index contributed by atoms with van der Waals surface area (Å²) in [5.74, 6) is 0. The second-order valence-electron chi connectivity index (χ2n) is 30.8. The third-order valence-electron chi connectivity index (χ3n) is 24.3. The number of thiophene rings is 2. The molecular weight excluding hydrogens is 1470 g/mol. The molecule has 0 spiro atoms. The SMILES string of the molecule is c1cc(-c2ccc3sc4ncc(-c5cccc(-n6c7ccccc7c7c8ccccc8ccc76)c5)nc4c3c2)cc(-n2c3ccccc3c3c4ccccc4ccc32)c1.c1cc(-c2ccc3sc4ncc(-c5cccc(-n6c7ccccc7c7ccc8ccccc8c76)c5)nc4c3c2)cc(-n2c3ccccc3c3ccc4ccccc4c32)c1. The highest BCUT2D eigenvalue weighted by Crippen LogP contribution is 2.46. The lowest BCUT2D eigenvalue weighted by atomic mass is 10.0. The lowest BCUT2D eigenvalue weighted by Crippen LogP contribution is -1.96. The van der Waals surface area contributed by atoms with Gasteiger partial charge in [0.05, 0.1) is 67.9 Å². The molecule has 0 bridgehead atoms. The van der Waals surface area contributed by atoms with Crippen molar-refractivity contribution in [3.63, 3.8) is 0 Å². The topological polar surface area (TPSA) is 71.3 Å². The van der Waals surface area contributed by atoms with Crippen LogP contribution in [0.1, 0.15) is 0 Å². The summed E-state index contributed by atoms with van der Waals surface area (Å²) in [6, 6.07) is 136. The van der Waals surface area contributed by atoms with Gasteiger partial charge >= 0.3 is 0 Å². The molecule has 0 unspecified atom stereocenters. The maximum absolute atomic E-state index is 5.36. The van der Waals surface area contributed by atoms with Gasteiger partial charge in [0.15, 0.2) is 0 Å². The van der Waals surface area contributed by atoms with Crippen molar-refractivity contribution in [3.05, 3.63) is 389 Å². The number of rotatable bonds is 8. The fraction of sp³-hybridized carbons (Fsp3) is 0. The predicted molar refractivity (Wildman–Crippen MR) is 499 cm³/mol. The molecular formula is C108H64N8S2. The molecule has 548 valence electrons. The van der Waals surface area contributed by atoms with Crippen molar-refractivity contribution in [3.8, 4) is 67.5 Å². The average Bonchev–Trinajstić information content (AvgIpc) is 1.59. The molecule has 10 heteroatoms. The van der Waals surface area contributed by atoms with Crippen LogP contribution in [0.3, 0.4) is 0 Å². The van der Waals surface area contributed by atoms with Gasteiger partial charge in [-0.15, -0.1) is 22.7 Å². The van der Waals surface area contributed by atoms with Crippen LogP contribution in [0.5, 0.6) is 0 Å². The molecule has 0 aliphatic rings. The summed E-state index contributed by atoms with van der Waals surface area (Å²) >= 11 is 3.40. The average molecular weight is 1540 g/mol. The Labute approximate surface area is 683 Å². The van der Waals surface area contributed by atoms with Crippen LogP contribution in [0.25, 0.3) is 239 Å². The summed E-state index contributed by atoms with van der Waals surface area (Å²) in [4.78, 5) is 22.6. The molecule has 8 heterocycles. The van der Waals surface area contributed by atoms with E-state index >= 15 is 0 Å². The maximum Gasteiger partial charge on any atom is 0.143 e. The van der Waals surface area contributed by atoms with Gasteiger partial charge < -0.3 is 18.3 Å². The van der Waals surface area contributed by atoms with Gasteiger partial charge in [-0.05, 0) is 164 Å². The van der Waals surface area contributed by atoms with E-state index in [0.717, 1.165) is 99.0 Å². The molecule has 26 rings (SSSR count). The van der Waals surface area contributed by atoms with Crippen LogP contribution >= 0.6 is 22.7 Å². The van der Waals surface area contributed by atoms with Crippen molar-refractivity contribution >= 4 is 194 Å². The minimum atomic E-state index is 0.857. The zero-order chi connectivity index (χ0) is 77.2. The molecule has 0 amide bonds. The molecule has 0 aliphatic carbocycles. The zero-order valence-electron chi connectivity index (χ0n) is 63.3. The first kappa shape index (κ1) is 66.3. The molecule has 0 fully saturated rings. The van der Waals surface area contributed by atoms with Crippen LogP contribution in [0.2, 0.25) is 0 Å². The number of para-hydroxylation sites is 4. The highest BCUT2D eigenvalue weighted by molar-refractivity contribution is 7.25. The largest absolute Gasteiger partial charge is 0.309 e. The van der Waals surface area contributed by atoms with Crippen molar-refractivity contribution in [1.82, 2.24) is 38.2 Å². The van der Waals surface area contributed by atoms with Gasteiger partial charge in [0.2, 0.25) is 0 Å². The fourth-order valence-electron chi connectivity index (χ4n) is 19.0.